The minimum Gasteiger partial charge on any atom is -0.507 e. The number of hydrogen-bond donors (Lipinski definition) is 1. The summed E-state index contributed by atoms with van der Waals surface area (Å²) in [6, 6.07) is 4.77. The molecule has 0 fully saturated rings. The number of esters is 1. The summed E-state index contributed by atoms with van der Waals surface area (Å²) in [4.78, 5) is 10.8. The van der Waals surface area contributed by atoms with Crippen molar-refractivity contribution in [3.8, 4) is 23.3 Å². The predicted octanol–water partition coefficient (Wildman–Crippen LogP) is 1.32. The summed E-state index contributed by atoms with van der Waals surface area (Å²) in [7, 11) is 2.81. The summed E-state index contributed by atoms with van der Waals surface area (Å²) in [5.74, 6) is 5.45. The fourth-order valence-corrected chi connectivity index (χ4v) is 1.03. The molecular formula is C12H12O4. The molecule has 0 unspecified atom stereocenters. The van der Waals surface area contributed by atoms with E-state index >= 15 is 0 Å². The fourth-order valence-electron chi connectivity index (χ4n) is 1.03. The molecule has 0 aliphatic heterocycles. The highest BCUT2D eigenvalue weighted by atomic mass is 16.5. The Bertz CT molecular complexity index is 440. The Morgan fingerprint density at radius 2 is 2.19 bits per heavy atom. The number of phenols is 1. The van der Waals surface area contributed by atoms with Crippen LogP contribution in [0, 0.1) is 11.8 Å². The van der Waals surface area contributed by atoms with Crippen molar-refractivity contribution >= 4 is 5.97 Å². The quantitative estimate of drug-likeness (QED) is 0.603. The molecule has 0 amide bonds. The van der Waals surface area contributed by atoms with Gasteiger partial charge in [0.05, 0.1) is 19.8 Å². The van der Waals surface area contributed by atoms with Gasteiger partial charge in [-0.25, -0.2) is 0 Å². The molecule has 84 valence electrons. The molecule has 1 rings (SSSR count). The third kappa shape index (κ3) is 3.21. The number of aromatic hydroxyl groups is 1. The van der Waals surface area contributed by atoms with Gasteiger partial charge in [0, 0.05) is 6.07 Å². The van der Waals surface area contributed by atoms with Crippen LogP contribution in [-0.2, 0) is 9.53 Å². The van der Waals surface area contributed by atoms with Crippen molar-refractivity contribution in [1.29, 1.82) is 0 Å². The Kier molecular flexibility index (Phi) is 4.22. The molecule has 0 heterocycles. The average Bonchev–Trinajstić information content (AvgIpc) is 2.30. The maximum absolute atomic E-state index is 10.8. The summed E-state index contributed by atoms with van der Waals surface area (Å²) in [5.41, 5.74) is 0.449. The first-order valence-electron chi connectivity index (χ1n) is 4.60. The molecule has 0 saturated heterocycles. The van der Waals surface area contributed by atoms with Crippen molar-refractivity contribution in [2.75, 3.05) is 14.2 Å². The van der Waals surface area contributed by atoms with Crippen LogP contribution in [0.5, 0.6) is 11.5 Å². The maximum Gasteiger partial charge on any atom is 0.317 e. The number of hydrogen-bond acceptors (Lipinski definition) is 4. The molecule has 0 radical (unpaired) electrons. The second-order valence-corrected chi connectivity index (χ2v) is 2.94. The standard InChI is InChI=1S/C12H12O4/c1-15-10-7-6-9(11(13)8-10)4-3-5-12(14)16-2/h6-8,13H,5H2,1-2H3. The van der Waals surface area contributed by atoms with Crippen molar-refractivity contribution in [3.63, 3.8) is 0 Å². The van der Waals surface area contributed by atoms with E-state index in [1.54, 1.807) is 12.1 Å². The Morgan fingerprint density at radius 3 is 2.75 bits per heavy atom. The van der Waals surface area contributed by atoms with Crippen LogP contribution in [0.1, 0.15) is 12.0 Å². The zero-order chi connectivity index (χ0) is 12.0. The second kappa shape index (κ2) is 5.66. The van der Waals surface area contributed by atoms with Gasteiger partial charge in [-0.1, -0.05) is 11.8 Å². The highest BCUT2D eigenvalue weighted by Crippen LogP contribution is 2.22. The zero-order valence-electron chi connectivity index (χ0n) is 9.11. The molecule has 0 aliphatic rings. The topological polar surface area (TPSA) is 55.8 Å². The monoisotopic (exact) mass is 220 g/mol. The first kappa shape index (κ1) is 11.9. The molecule has 0 bridgehead atoms. The van der Waals surface area contributed by atoms with Crippen LogP contribution in [0.3, 0.4) is 0 Å². The van der Waals surface area contributed by atoms with Gasteiger partial charge < -0.3 is 14.6 Å². The first-order chi connectivity index (χ1) is 7.67. The summed E-state index contributed by atoms with van der Waals surface area (Å²) in [6.45, 7) is 0. The van der Waals surface area contributed by atoms with Gasteiger partial charge in [-0.2, -0.15) is 0 Å². The predicted molar refractivity (Wildman–Crippen MR) is 58.2 cm³/mol. The van der Waals surface area contributed by atoms with Crippen molar-refractivity contribution in [3.05, 3.63) is 23.8 Å². The molecule has 16 heavy (non-hydrogen) atoms. The second-order valence-electron chi connectivity index (χ2n) is 2.94. The van der Waals surface area contributed by atoms with E-state index in [1.807, 2.05) is 0 Å². The summed E-state index contributed by atoms with van der Waals surface area (Å²) >= 11 is 0. The Morgan fingerprint density at radius 1 is 1.44 bits per heavy atom. The highest BCUT2D eigenvalue weighted by molar-refractivity contribution is 5.72. The Hall–Kier alpha value is -2.15. The van der Waals surface area contributed by atoms with E-state index < -0.39 is 5.97 Å². The lowest BCUT2D eigenvalue weighted by atomic mass is 10.2. The molecule has 0 spiro atoms. The molecule has 1 N–H and O–H groups in total. The lowest BCUT2D eigenvalue weighted by Gasteiger charge is -2.01. The number of benzene rings is 1. The zero-order valence-corrected chi connectivity index (χ0v) is 9.11. The van der Waals surface area contributed by atoms with E-state index in [9.17, 15) is 9.90 Å². The van der Waals surface area contributed by atoms with Crippen LogP contribution in [0.25, 0.3) is 0 Å². The van der Waals surface area contributed by atoms with Crippen LogP contribution in [-0.4, -0.2) is 25.3 Å². The van der Waals surface area contributed by atoms with Crippen molar-refractivity contribution in [2.24, 2.45) is 0 Å². The molecular weight excluding hydrogens is 208 g/mol. The molecule has 0 saturated carbocycles. The van der Waals surface area contributed by atoms with Gasteiger partial charge in [0.2, 0.25) is 0 Å². The number of rotatable bonds is 2. The largest absolute Gasteiger partial charge is 0.507 e. The van der Waals surface area contributed by atoms with Gasteiger partial charge in [0.1, 0.15) is 17.9 Å². The highest BCUT2D eigenvalue weighted by Gasteiger charge is 2.00. The number of phenolic OH excluding ortho intramolecular Hbond substituents is 1. The smallest absolute Gasteiger partial charge is 0.317 e. The lowest BCUT2D eigenvalue weighted by molar-refractivity contribution is -0.139. The maximum atomic E-state index is 10.8. The van der Waals surface area contributed by atoms with E-state index in [0.717, 1.165) is 0 Å². The van der Waals surface area contributed by atoms with Gasteiger partial charge in [0.15, 0.2) is 0 Å². The van der Waals surface area contributed by atoms with Crippen molar-refractivity contribution < 1.29 is 19.4 Å². The van der Waals surface area contributed by atoms with Crippen LogP contribution in [0.2, 0.25) is 0 Å². The Labute approximate surface area is 93.8 Å². The van der Waals surface area contributed by atoms with E-state index in [0.29, 0.717) is 11.3 Å². The molecule has 4 heteroatoms. The minimum absolute atomic E-state index is 0.00195. The van der Waals surface area contributed by atoms with Crippen molar-refractivity contribution in [1.82, 2.24) is 0 Å². The Balaban J connectivity index is 2.77. The van der Waals surface area contributed by atoms with E-state index in [2.05, 4.69) is 16.6 Å². The molecule has 0 aliphatic carbocycles. The van der Waals surface area contributed by atoms with Crippen LogP contribution >= 0.6 is 0 Å². The molecule has 0 atom stereocenters. The first-order valence-corrected chi connectivity index (χ1v) is 4.60. The molecule has 1 aromatic carbocycles. The summed E-state index contributed by atoms with van der Waals surface area (Å²) < 4.78 is 9.36. The lowest BCUT2D eigenvalue weighted by Crippen LogP contribution is -1.97. The summed E-state index contributed by atoms with van der Waals surface area (Å²) in [6.07, 6.45) is 0.00195. The number of ether oxygens (including phenoxy) is 2. The normalized spacial score (nSPS) is 8.88. The van der Waals surface area contributed by atoms with Gasteiger partial charge in [-0.3, -0.25) is 4.79 Å². The number of methoxy groups -OCH3 is 2. The van der Waals surface area contributed by atoms with Crippen LogP contribution < -0.4 is 4.74 Å². The number of carbonyl (C=O) groups excluding carboxylic acids is 1. The van der Waals surface area contributed by atoms with E-state index in [4.69, 9.17) is 4.74 Å². The van der Waals surface area contributed by atoms with Crippen molar-refractivity contribution in [2.45, 2.75) is 6.42 Å². The van der Waals surface area contributed by atoms with Gasteiger partial charge in [-0.05, 0) is 12.1 Å². The summed E-state index contributed by atoms with van der Waals surface area (Å²) in [5, 5.41) is 9.55. The average molecular weight is 220 g/mol. The van der Waals surface area contributed by atoms with Gasteiger partial charge in [-0.15, -0.1) is 0 Å². The third-order valence-corrected chi connectivity index (χ3v) is 1.89. The minimum atomic E-state index is -0.402. The SMILES string of the molecule is COC(=O)CC#Cc1ccc(OC)cc1O. The number of carbonyl (C=O) groups is 1. The van der Waals surface area contributed by atoms with Crippen LogP contribution in [0.15, 0.2) is 18.2 Å². The van der Waals surface area contributed by atoms with Gasteiger partial charge in [0.25, 0.3) is 0 Å². The fraction of sp³-hybridized carbons (Fsp3) is 0.250. The third-order valence-electron chi connectivity index (χ3n) is 1.89. The molecule has 0 aromatic heterocycles. The molecule has 4 nitrogen and oxygen atoms in total. The van der Waals surface area contributed by atoms with Crippen LogP contribution in [0.4, 0.5) is 0 Å². The van der Waals surface area contributed by atoms with Gasteiger partial charge >= 0.3 is 5.97 Å². The molecule has 1 aromatic rings. The van der Waals surface area contributed by atoms with E-state index in [-0.39, 0.29) is 12.2 Å². The van der Waals surface area contributed by atoms with E-state index in [1.165, 1.54) is 20.3 Å².